The molecule has 4 nitrogen and oxygen atoms in total. The molecule has 0 saturated carbocycles. The molecule has 2 rings (SSSR count). The van der Waals surface area contributed by atoms with Crippen molar-refractivity contribution in [2.75, 3.05) is 0 Å². The van der Waals surface area contributed by atoms with Crippen molar-refractivity contribution in [2.24, 2.45) is 12.9 Å². The van der Waals surface area contributed by atoms with E-state index in [1.807, 2.05) is 20.0 Å². The lowest BCUT2D eigenvalue weighted by molar-refractivity contribution is 0.476. The van der Waals surface area contributed by atoms with Crippen LogP contribution in [0.25, 0.3) is 0 Å². The van der Waals surface area contributed by atoms with Crippen molar-refractivity contribution in [1.29, 1.82) is 0 Å². The summed E-state index contributed by atoms with van der Waals surface area (Å²) in [6.45, 7) is 1.91. The summed E-state index contributed by atoms with van der Waals surface area (Å²) < 4.78 is 28.5. The number of aromatic nitrogens is 2. The number of rotatable bonds is 4. The molecule has 1 atom stereocenters. The van der Waals surface area contributed by atoms with Gasteiger partial charge in [-0.25, -0.2) is 8.78 Å². The van der Waals surface area contributed by atoms with Gasteiger partial charge in [-0.3, -0.25) is 16.0 Å². The van der Waals surface area contributed by atoms with Crippen LogP contribution >= 0.6 is 0 Å². The number of hydrogen-bond acceptors (Lipinski definition) is 3. The van der Waals surface area contributed by atoms with E-state index in [4.69, 9.17) is 5.84 Å². The average Bonchev–Trinajstić information content (AvgIpc) is 2.71. The Balaban J connectivity index is 2.26. The van der Waals surface area contributed by atoms with Crippen LogP contribution in [-0.2, 0) is 13.5 Å². The number of nitrogens with two attached hydrogens (primary N) is 1. The Labute approximate surface area is 110 Å². The number of aryl methyl sites for hydroxylation is 2. The van der Waals surface area contributed by atoms with E-state index < -0.39 is 11.6 Å². The molecule has 2 aromatic rings. The molecule has 0 saturated heterocycles. The fourth-order valence-electron chi connectivity index (χ4n) is 1.93. The largest absolute Gasteiger partial charge is 0.273 e. The Morgan fingerprint density at radius 3 is 2.74 bits per heavy atom. The highest BCUT2D eigenvalue weighted by Gasteiger charge is 2.18. The summed E-state index contributed by atoms with van der Waals surface area (Å²) in [6, 6.07) is 5.61. The summed E-state index contributed by atoms with van der Waals surface area (Å²) in [5, 5.41) is 4.29. The quantitative estimate of drug-likeness (QED) is 0.655. The molecule has 3 N–H and O–H groups in total. The molecule has 0 radical (unpaired) electrons. The standard InChI is InChI=1S/C13H16F2N4/c1-8-6-12(18-19(8)2)11(17-16)7-9-4-3-5-10(14)13(9)15/h3-6,11,17H,7,16H2,1-2H3. The Morgan fingerprint density at radius 2 is 2.16 bits per heavy atom. The van der Waals surface area contributed by atoms with Crippen LogP contribution in [-0.4, -0.2) is 9.78 Å². The first-order valence-corrected chi connectivity index (χ1v) is 5.92. The van der Waals surface area contributed by atoms with Crippen molar-refractivity contribution in [1.82, 2.24) is 15.2 Å². The molecule has 6 heteroatoms. The third-order valence-electron chi connectivity index (χ3n) is 3.15. The fourth-order valence-corrected chi connectivity index (χ4v) is 1.93. The molecule has 1 unspecified atom stereocenters. The molecule has 102 valence electrons. The lowest BCUT2D eigenvalue weighted by atomic mass is 10.0. The number of hydrogen-bond donors (Lipinski definition) is 2. The molecule has 0 spiro atoms. The van der Waals surface area contributed by atoms with Gasteiger partial charge in [0, 0.05) is 12.7 Å². The zero-order valence-corrected chi connectivity index (χ0v) is 10.8. The SMILES string of the molecule is Cc1cc(C(Cc2cccc(F)c2F)NN)nn1C. The summed E-state index contributed by atoms with van der Waals surface area (Å²) in [6.07, 6.45) is 0.233. The van der Waals surface area contributed by atoms with Crippen molar-refractivity contribution in [3.05, 3.63) is 52.9 Å². The van der Waals surface area contributed by atoms with Gasteiger partial charge in [0.1, 0.15) is 0 Å². The van der Waals surface area contributed by atoms with Gasteiger partial charge in [-0.05, 0) is 31.0 Å². The second-order valence-corrected chi connectivity index (χ2v) is 4.47. The Morgan fingerprint density at radius 1 is 1.42 bits per heavy atom. The van der Waals surface area contributed by atoms with E-state index in [9.17, 15) is 8.78 Å². The van der Waals surface area contributed by atoms with Crippen molar-refractivity contribution >= 4 is 0 Å². The summed E-state index contributed by atoms with van der Waals surface area (Å²) in [4.78, 5) is 0. The van der Waals surface area contributed by atoms with Gasteiger partial charge in [0.25, 0.3) is 0 Å². The Bertz CT molecular complexity index is 561. The summed E-state index contributed by atoms with van der Waals surface area (Å²) in [5.74, 6) is 3.79. The van der Waals surface area contributed by atoms with Crippen LogP contribution in [0.4, 0.5) is 8.78 Å². The van der Waals surface area contributed by atoms with E-state index in [0.29, 0.717) is 5.69 Å². The van der Waals surface area contributed by atoms with Crippen molar-refractivity contribution in [3.63, 3.8) is 0 Å². The van der Waals surface area contributed by atoms with Gasteiger partial charge in [-0.2, -0.15) is 5.10 Å². The van der Waals surface area contributed by atoms with E-state index in [-0.39, 0.29) is 18.0 Å². The first kappa shape index (κ1) is 13.6. The molecule has 0 amide bonds. The van der Waals surface area contributed by atoms with Crippen molar-refractivity contribution in [3.8, 4) is 0 Å². The minimum Gasteiger partial charge on any atom is -0.273 e. The first-order valence-electron chi connectivity index (χ1n) is 5.92. The first-order chi connectivity index (χ1) is 9.02. The van der Waals surface area contributed by atoms with Crippen LogP contribution in [0.3, 0.4) is 0 Å². The molecular weight excluding hydrogens is 250 g/mol. The maximum absolute atomic E-state index is 13.6. The van der Waals surface area contributed by atoms with E-state index in [1.54, 1.807) is 10.7 Å². The second-order valence-electron chi connectivity index (χ2n) is 4.47. The fraction of sp³-hybridized carbons (Fsp3) is 0.308. The molecule has 1 aromatic heterocycles. The van der Waals surface area contributed by atoms with Gasteiger partial charge in [0.15, 0.2) is 11.6 Å². The molecule has 0 aliphatic rings. The number of nitrogens with one attached hydrogen (secondary N) is 1. The zero-order chi connectivity index (χ0) is 14.0. The minimum atomic E-state index is -0.856. The van der Waals surface area contributed by atoms with Crippen molar-refractivity contribution < 1.29 is 8.78 Å². The molecule has 1 aromatic carbocycles. The van der Waals surface area contributed by atoms with E-state index >= 15 is 0 Å². The monoisotopic (exact) mass is 266 g/mol. The van der Waals surface area contributed by atoms with Crippen LogP contribution in [0, 0.1) is 18.6 Å². The number of halogens is 2. The van der Waals surface area contributed by atoms with Crippen LogP contribution < -0.4 is 11.3 Å². The third-order valence-corrected chi connectivity index (χ3v) is 3.15. The maximum atomic E-state index is 13.6. The zero-order valence-electron chi connectivity index (χ0n) is 10.8. The third kappa shape index (κ3) is 2.80. The maximum Gasteiger partial charge on any atom is 0.162 e. The van der Waals surface area contributed by atoms with Gasteiger partial charge in [-0.15, -0.1) is 0 Å². The van der Waals surface area contributed by atoms with Gasteiger partial charge < -0.3 is 0 Å². The predicted molar refractivity (Wildman–Crippen MR) is 68.1 cm³/mol. The summed E-state index contributed by atoms with van der Waals surface area (Å²) in [5.41, 5.74) is 4.53. The molecular formula is C13H16F2N4. The van der Waals surface area contributed by atoms with Crippen molar-refractivity contribution in [2.45, 2.75) is 19.4 Å². The van der Waals surface area contributed by atoms with Crippen LogP contribution in [0.5, 0.6) is 0 Å². The molecule has 0 aliphatic carbocycles. The van der Waals surface area contributed by atoms with Gasteiger partial charge in [0.05, 0.1) is 11.7 Å². The highest BCUT2D eigenvalue weighted by atomic mass is 19.2. The smallest absolute Gasteiger partial charge is 0.162 e. The van der Waals surface area contributed by atoms with Gasteiger partial charge in [-0.1, -0.05) is 12.1 Å². The predicted octanol–water partition coefficient (Wildman–Crippen LogP) is 1.75. The van der Waals surface area contributed by atoms with E-state index in [1.165, 1.54) is 6.07 Å². The molecule has 0 aliphatic heterocycles. The van der Waals surface area contributed by atoms with Gasteiger partial charge >= 0.3 is 0 Å². The highest BCUT2D eigenvalue weighted by molar-refractivity contribution is 5.22. The summed E-state index contributed by atoms with van der Waals surface area (Å²) >= 11 is 0. The topological polar surface area (TPSA) is 55.9 Å². The average molecular weight is 266 g/mol. The van der Waals surface area contributed by atoms with Crippen LogP contribution in [0.15, 0.2) is 24.3 Å². The molecule has 19 heavy (non-hydrogen) atoms. The summed E-state index contributed by atoms with van der Waals surface area (Å²) in [7, 11) is 1.81. The van der Waals surface area contributed by atoms with Crippen LogP contribution in [0.2, 0.25) is 0 Å². The number of hydrazine groups is 1. The van der Waals surface area contributed by atoms with Crippen LogP contribution in [0.1, 0.15) is 23.0 Å². The number of benzene rings is 1. The molecule has 0 bridgehead atoms. The molecule has 1 heterocycles. The lowest BCUT2D eigenvalue weighted by Gasteiger charge is -2.14. The second kappa shape index (κ2) is 5.46. The normalized spacial score (nSPS) is 12.7. The van der Waals surface area contributed by atoms with Gasteiger partial charge in [0.2, 0.25) is 0 Å². The van der Waals surface area contributed by atoms with E-state index in [0.717, 1.165) is 11.8 Å². The number of nitrogens with zero attached hydrogens (tertiary/aromatic N) is 2. The minimum absolute atomic E-state index is 0.233. The Kier molecular flexibility index (Phi) is 3.92. The lowest BCUT2D eigenvalue weighted by Crippen LogP contribution is -2.30. The van der Waals surface area contributed by atoms with E-state index in [2.05, 4.69) is 10.5 Å². The Hall–Kier alpha value is -1.79. The molecule has 0 fully saturated rings. The highest BCUT2D eigenvalue weighted by Crippen LogP contribution is 2.20.